The van der Waals surface area contributed by atoms with Crippen LogP contribution in [0.15, 0.2) is 0 Å². The van der Waals surface area contributed by atoms with Gasteiger partial charge in [0.15, 0.2) is 0 Å². The molecule has 0 saturated heterocycles. The van der Waals surface area contributed by atoms with E-state index in [-0.39, 0.29) is 23.0 Å². The van der Waals surface area contributed by atoms with Gasteiger partial charge in [0.1, 0.15) is 0 Å². The molecule has 1 aliphatic rings. The van der Waals surface area contributed by atoms with Crippen molar-refractivity contribution in [2.24, 2.45) is 5.92 Å². The van der Waals surface area contributed by atoms with Gasteiger partial charge in [-0.15, -0.1) is 0 Å². The van der Waals surface area contributed by atoms with Crippen molar-refractivity contribution in [2.45, 2.75) is 25.7 Å². The SMILES string of the molecule is O=C([O-])C1CCCC1.[Cu+]. The number of rotatable bonds is 1. The normalized spacial score (nSPS) is 19.1. The number of hydrogen-bond acceptors (Lipinski definition) is 2. The van der Waals surface area contributed by atoms with E-state index in [1.807, 2.05) is 0 Å². The van der Waals surface area contributed by atoms with Gasteiger partial charge in [0.05, 0.1) is 0 Å². The molecule has 0 radical (unpaired) electrons. The molecule has 0 aromatic heterocycles. The predicted octanol–water partition coefficient (Wildman–Crippen LogP) is -0.0760. The maximum absolute atomic E-state index is 10.1. The van der Waals surface area contributed by atoms with E-state index in [2.05, 4.69) is 0 Å². The summed E-state index contributed by atoms with van der Waals surface area (Å²) < 4.78 is 0. The summed E-state index contributed by atoms with van der Waals surface area (Å²) in [5, 5.41) is 10.1. The molecule has 0 aromatic rings. The van der Waals surface area contributed by atoms with Crippen LogP contribution in [-0.4, -0.2) is 5.97 Å². The number of carboxylic acids is 1. The van der Waals surface area contributed by atoms with E-state index in [1.165, 1.54) is 0 Å². The molecule has 1 rings (SSSR count). The van der Waals surface area contributed by atoms with Gasteiger partial charge in [0, 0.05) is 5.97 Å². The maximum atomic E-state index is 10.1. The third-order valence-corrected chi connectivity index (χ3v) is 1.69. The van der Waals surface area contributed by atoms with E-state index >= 15 is 0 Å². The molecule has 2 nitrogen and oxygen atoms in total. The minimum Gasteiger partial charge on any atom is -0.550 e. The molecular weight excluding hydrogens is 168 g/mol. The third kappa shape index (κ3) is 2.37. The van der Waals surface area contributed by atoms with Crippen LogP contribution in [0.3, 0.4) is 0 Å². The maximum Gasteiger partial charge on any atom is 1.00 e. The zero-order valence-electron chi connectivity index (χ0n) is 5.02. The number of carboxylic acid groups (broad SMARTS) is 1. The quantitative estimate of drug-likeness (QED) is 0.525. The van der Waals surface area contributed by atoms with E-state index in [4.69, 9.17) is 0 Å². The largest absolute Gasteiger partial charge is 1.00 e. The van der Waals surface area contributed by atoms with Gasteiger partial charge in [-0.2, -0.15) is 0 Å². The molecule has 9 heavy (non-hydrogen) atoms. The topological polar surface area (TPSA) is 40.1 Å². The number of hydrogen-bond donors (Lipinski definition) is 0. The number of carbonyl (C=O) groups is 1. The second-order valence-corrected chi connectivity index (χ2v) is 2.30. The van der Waals surface area contributed by atoms with Crippen molar-refractivity contribution >= 4 is 5.97 Å². The summed E-state index contributed by atoms with van der Waals surface area (Å²) in [6, 6.07) is 0. The molecule has 0 heterocycles. The zero-order chi connectivity index (χ0) is 5.98. The van der Waals surface area contributed by atoms with Crippen LogP contribution in [-0.2, 0) is 21.9 Å². The van der Waals surface area contributed by atoms with Crippen molar-refractivity contribution in [3.8, 4) is 0 Å². The monoisotopic (exact) mass is 176 g/mol. The zero-order valence-corrected chi connectivity index (χ0v) is 5.97. The Hall–Kier alpha value is -0.0105. The summed E-state index contributed by atoms with van der Waals surface area (Å²) >= 11 is 0. The fraction of sp³-hybridized carbons (Fsp3) is 0.833. The van der Waals surface area contributed by atoms with Crippen molar-refractivity contribution in [1.29, 1.82) is 0 Å². The van der Waals surface area contributed by atoms with Gasteiger partial charge in [0.25, 0.3) is 0 Å². The average Bonchev–Trinajstić information content (AvgIpc) is 2.12. The summed E-state index contributed by atoms with van der Waals surface area (Å²) in [5.41, 5.74) is 0. The van der Waals surface area contributed by atoms with Crippen molar-refractivity contribution in [3.63, 3.8) is 0 Å². The Morgan fingerprint density at radius 2 is 1.78 bits per heavy atom. The Kier molecular flexibility index (Phi) is 3.91. The second kappa shape index (κ2) is 3.91. The van der Waals surface area contributed by atoms with Crippen molar-refractivity contribution in [2.75, 3.05) is 0 Å². The molecule has 0 aromatic carbocycles. The molecule has 0 atom stereocenters. The van der Waals surface area contributed by atoms with Crippen LogP contribution in [0.5, 0.6) is 0 Å². The fourth-order valence-corrected chi connectivity index (χ4v) is 1.16. The molecule has 1 saturated carbocycles. The van der Waals surface area contributed by atoms with E-state index < -0.39 is 5.97 Å². The van der Waals surface area contributed by atoms with Crippen LogP contribution in [0.4, 0.5) is 0 Å². The molecule has 56 valence electrons. The van der Waals surface area contributed by atoms with Crippen LogP contribution in [0, 0.1) is 5.92 Å². The summed E-state index contributed by atoms with van der Waals surface area (Å²) in [5.74, 6) is -0.988. The molecule has 0 spiro atoms. The first-order chi connectivity index (χ1) is 3.80. The Balaban J connectivity index is 0.000000640. The van der Waals surface area contributed by atoms with E-state index in [0.717, 1.165) is 25.7 Å². The smallest absolute Gasteiger partial charge is 0.550 e. The van der Waals surface area contributed by atoms with Gasteiger partial charge in [0.2, 0.25) is 0 Å². The minimum atomic E-state index is -0.859. The molecule has 0 unspecified atom stereocenters. The Morgan fingerprint density at radius 1 is 1.33 bits per heavy atom. The minimum absolute atomic E-state index is 0. The van der Waals surface area contributed by atoms with Gasteiger partial charge < -0.3 is 9.90 Å². The van der Waals surface area contributed by atoms with Crippen molar-refractivity contribution in [3.05, 3.63) is 0 Å². The van der Waals surface area contributed by atoms with E-state index in [9.17, 15) is 9.90 Å². The van der Waals surface area contributed by atoms with E-state index in [0.29, 0.717) is 0 Å². The van der Waals surface area contributed by atoms with Crippen molar-refractivity contribution < 1.29 is 27.0 Å². The second-order valence-electron chi connectivity index (χ2n) is 2.30. The van der Waals surface area contributed by atoms with Crippen LogP contribution in [0.1, 0.15) is 25.7 Å². The Bertz CT molecular complexity index is 97.2. The first-order valence-corrected chi connectivity index (χ1v) is 3.01. The van der Waals surface area contributed by atoms with Gasteiger partial charge in [-0.25, -0.2) is 0 Å². The average molecular weight is 177 g/mol. The van der Waals surface area contributed by atoms with E-state index in [1.54, 1.807) is 0 Å². The fourth-order valence-electron chi connectivity index (χ4n) is 1.16. The van der Waals surface area contributed by atoms with Gasteiger partial charge >= 0.3 is 17.1 Å². The summed E-state index contributed by atoms with van der Waals surface area (Å²) in [4.78, 5) is 10.1. The van der Waals surface area contributed by atoms with Crippen LogP contribution in [0.2, 0.25) is 0 Å². The molecule has 0 bridgehead atoms. The first kappa shape index (κ1) is 8.99. The Morgan fingerprint density at radius 3 is 2.00 bits per heavy atom. The summed E-state index contributed by atoms with van der Waals surface area (Å²) in [7, 11) is 0. The van der Waals surface area contributed by atoms with Gasteiger partial charge in [-0.1, -0.05) is 12.8 Å². The van der Waals surface area contributed by atoms with Crippen LogP contribution < -0.4 is 5.11 Å². The molecule has 0 amide bonds. The first-order valence-electron chi connectivity index (χ1n) is 3.01. The number of carbonyl (C=O) groups excluding carboxylic acids is 1. The molecule has 3 heteroatoms. The summed E-state index contributed by atoms with van der Waals surface area (Å²) in [6.45, 7) is 0. The molecular formula is C6H9CuO2. The Labute approximate surface area is 65.1 Å². The third-order valence-electron chi connectivity index (χ3n) is 1.69. The van der Waals surface area contributed by atoms with Gasteiger partial charge in [-0.3, -0.25) is 0 Å². The molecule has 1 fully saturated rings. The predicted molar refractivity (Wildman–Crippen MR) is 27.0 cm³/mol. The summed E-state index contributed by atoms with van der Waals surface area (Å²) in [6.07, 6.45) is 3.81. The van der Waals surface area contributed by atoms with Crippen LogP contribution in [0.25, 0.3) is 0 Å². The van der Waals surface area contributed by atoms with Crippen LogP contribution >= 0.6 is 0 Å². The van der Waals surface area contributed by atoms with Gasteiger partial charge in [-0.05, 0) is 18.8 Å². The molecule has 0 aliphatic heterocycles. The molecule has 1 aliphatic carbocycles. The van der Waals surface area contributed by atoms with Crippen molar-refractivity contribution in [1.82, 2.24) is 0 Å². The standard InChI is InChI=1S/C6H10O2.Cu/c7-6(8)5-3-1-2-4-5;/h5H,1-4H2,(H,7,8);/q;+1/p-1. The molecule has 0 N–H and O–H groups in total. The number of aliphatic carboxylic acids is 1.